The van der Waals surface area contributed by atoms with Gasteiger partial charge in [-0.15, -0.1) is 0 Å². The van der Waals surface area contributed by atoms with Crippen LogP contribution in [0, 0.1) is 5.92 Å². The van der Waals surface area contributed by atoms with Crippen LogP contribution in [0.25, 0.3) is 0 Å². The van der Waals surface area contributed by atoms with Crippen LogP contribution in [0.3, 0.4) is 0 Å². The maximum atomic E-state index is 12.3. The molecule has 0 radical (unpaired) electrons. The summed E-state index contributed by atoms with van der Waals surface area (Å²) in [6, 6.07) is 17.8. The summed E-state index contributed by atoms with van der Waals surface area (Å²) < 4.78 is 0. The molecule has 23 heavy (non-hydrogen) atoms. The van der Waals surface area contributed by atoms with Gasteiger partial charge in [0.1, 0.15) is 0 Å². The molecule has 2 aromatic carbocycles. The number of aliphatic hydroxyl groups is 1. The number of aliphatic hydroxyl groups excluding tert-OH is 1. The summed E-state index contributed by atoms with van der Waals surface area (Å²) in [7, 11) is 0. The Bertz CT molecular complexity index is 623. The number of nitrogens with one attached hydrogen (secondary N) is 1. The fourth-order valence-electron chi connectivity index (χ4n) is 2.79. The Labute approximate surface area is 138 Å². The van der Waals surface area contributed by atoms with Crippen LogP contribution in [0.15, 0.2) is 54.6 Å². The Morgan fingerprint density at radius 2 is 1.61 bits per heavy atom. The second-order valence-corrected chi connectivity index (χ2v) is 6.17. The van der Waals surface area contributed by atoms with E-state index < -0.39 is 0 Å². The van der Waals surface area contributed by atoms with Crippen LogP contribution < -0.4 is 5.32 Å². The Kier molecular flexibility index (Phi) is 6.36. The first-order valence-electron chi connectivity index (χ1n) is 8.11. The monoisotopic (exact) mass is 311 g/mol. The maximum Gasteiger partial charge on any atom is 0.220 e. The second kappa shape index (κ2) is 8.49. The molecule has 3 heteroatoms. The third-order valence-electron chi connectivity index (χ3n) is 4.20. The highest BCUT2D eigenvalue weighted by Gasteiger charge is 2.19. The summed E-state index contributed by atoms with van der Waals surface area (Å²) in [4.78, 5) is 12.3. The molecule has 2 aromatic rings. The van der Waals surface area contributed by atoms with Crippen LogP contribution in [0.4, 0.5) is 0 Å². The lowest BCUT2D eigenvalue weighted by Crippen LogP contribution is -2.26. The van der Waals surface area contributed by atoms with Crippen molar-refractivity contribution in [1.29, 1.82) is 0 Å². The molecule has 0 heterocycles. The third-order valence-corrected chi connectivity index (χ3v) is 4.20. The van der Waals surface area contributed by atoms with Gasteiger partial charge in [-0.25, -0.2) is 0 Å². The minimum absolute atomic E-state index is 0.00925. The highest BCUT2D eigenvalue weighted by molar-refractivity contribution is 5.77. The molecule has 2 rings (SSSR count). The summed E-state index contributed by atoms with van der Waals surface area (Å²) in [5.74, 6) is 0.650. The van der Waals surface area contributed by atoms with Crippen molar-refractivity contribution in [1.82, 2.24) is 5.32 Å². The lowest BCUT2D eigenvalue weighted by atomic mass is 9.85. The van der Waals surface area contributed by atoms with Crippen LogP contribution in [-0.2, 0) is 17.9 Å². The molecule has 1 unspecified atom stereocenters. The van der Waals surface area contributed by atoms with Crippen LogP contribution >= 0.6 is 0 Å². The molecule has 0 saturated carbocycles. The molecule has 0 aliphatic rings. The fraction of sp³-hybridized carbons (Fsp3) is 0.350. The van der Waals surface area contributed by atoms with Crippen LogP contribution in [-0.4, -0.2) is 11.0 Å². The molecule has 1 atom stereocenters. The first-order chi connectivity index (χ1) is 11.1. The van der Waals surface area contributed by atoms with Crippen molar-refractivity contribution in [3.8, 4) is 0 Å². The van der Waals surface area contributed by atoms with Gasteiger partial charge >= 0.3 is 0 Å². The van der Waals surface area contributed by atoms with Gasteiger partial charge < -0.3 is 10.4 Å². The summed E-state index contributed by atoms with van der Waals surface area (Å²) in [6.45, 7) is 4.73. The zero-order valence-electron chi connectivity index (χ0n) is 13.8. The molecule has 0 spiro atoms. The lowest BCUT2D eigenvalue weighted by molar-refractivity contribution is -0.121. The van der Waals surface area contributed by atoms with Gasteiger partial charge in [0.25, 0.3) is 0 Å². The third kappa shape index (κ3) is 4.93. The number of carbonyl (C=O) groups excluding carboxylic acids is 1. The van der Waals surface area contributed by atoms with E-state index in [2.05, 4.69) is 31.3 Å². The van der Waals surface area contributed by atoms with Gasteiger partial charge in [-0.1, -0.05) is 68.4 Å². The van der Waals surface area contributed by atoms with E-state index in [1.54, 1.807) is 0 Å². The van der Waals surface area contributed by atoms with E-state index in [9.17, 15) is 9.90 Å². The quantitative estimate of drug-likeness (QED) is 0.820. The number of hydrogen-bond acceptors (Lipinski definition) is 2. The summed E-state index contributed by atoms with van der Waals surface area (Å²) in [5.41, 5.74) is 3.02. The second-order valence-electron chi connectivity index (χ2n) is 6.17. The summed E-state index contributed by atoms with van der Waals surface area (Å²) in [5, 5.41) is 12.3. The Morgan fingerprint density at radius 3 is 2.22 bits per heavy atom. The van der Waals surface area contributed by atoms with E-state index in [4.69, 9.17) is 0 Å². The SMILES string of the molecule is CC(C)C(CC(=O)NCc1ccccc1CO)c1ccccc1. The molecule has 0 aliphatic carbocycles. The zero-order valence-corrected chi connectivity index (χ0v) is 13.8. The Balaban J connectivity index is 1.97. The predicted molar refractivity (Wildman–Crippen MR) is 92.8 cm³/mol. The largest absolute Gasteiger partial charge is 0.392 e. The molecule has 0 bridgehead atoms. The van der Waals surface area contributed by atoms with Gasteiger partial charge in [0.2, 0.25) is 5.91 Å². The molecule has 0 aliphatic heterocycles. The van der Waals surface area contributed by atoms with E-state index in [1.165, 1.54) is 5.56 Å². The van der Waals surface area contributed by atoms with Gasteiger partial charge in [-0.3, -0.25) is 4.79 Å². The number of rotatable bonds is 7. The Morgan fingerprint density at radius 1 is 1.00 bits per heavy atom. The topological polar surface area (TPSA) is 49.3 Å². The van der Waals surface area contributed by atoms with Crippen molar-refractivity contribution in [3.63, 3.8) is 0 Å². The first-order valence-corrected chi connectivity index (χ1v) is 8.11. The minimum Gasteiger partial charge on any atom is -0.392 e. The fourth-order valence-corrected chi connectivity index (χ4v) is 2.79. The highest BCUT2D eigenvalue weighted by atomic mass is 16.3. The lowest BCUT2D eigenvalue weighted by Gasteiger charge is -2.21. The zero-order chi connectivity index (χ0) is 16.7. The standard InChI is InChI=1S/C20H25NO2/c1-15(2)19(16-8-4-3-5-9-16)12-20(23)21-13-17-10-6-7-11-18(17)14-22/h3-11,15,19,22H,12-14H2,1-2H3,(H,21,23). The molecule has 0 aromatic heterocycles. The van der Waals surface area contributed by atoms with Crippen LogP contribution in [0.5, 0.6) is 0 Å². The molecule has 3 nitrogen and oxygen atoms in total. The number of amides is 1. The van der Waals surface area contributed by atoms with E-state index in [0.29, 0.717) is 18.9 Å². The van der Waals surface area contributed by atoms with Crippen molar-refractivity contribution in [2.75, 3.05) is 0 Å². The molecule has 0 saturated heterocycles. The maximum absolute atomic E-state index is 12.3. The van der Waals surface area contributed by atoms with Crippen molar-refractivity contribution in [2.24, 2.45) is 5.92 Å². The van der Waals surface area contributed by atoms with Crippen molar-refractivity contribution in [2.45, 2.75) is 39.3 Å². The minimum atomic E-state index is -0.00925. The molecule has 1 amide bonds. The Hall–Kier alpha value is -2.13. The molecule has 2 N–H and O–H groups in total. The van der Waals surface area contributed by atoms with Crippen molar-refractivity contribution >= 4 is 5.91 Å². The normalized spacial score (nSPS) is 12.2. The summed E-state index contributed by atoms with van der Waals surface area (Å²) in [6.07, 6.45) is 0.475. The highest BCUT2D eigenvalue weighted by Crippen LogP contribution is 2.27. The van der Waals surface area contributed by atoms with E-state index in [-0.39, 0.29) is 18.4 Å². The van der Waals surface area contributed by atoms with E-state index in [0.717, 1.165) is 11.1 Å². The van der Waals surface area contributed by atoms with Crippen LogP contribution in [0.2, 0.25) is 0 Å². The molecule has 122 valence electrons. The van der Waals surface area contributed by atoms with E-state index >= 15 is 0 Å². The van der Waals surface area contributed by atoms with Gasteiger partial charge in [-0.2, -0.15) is 0 Å². The predicted octanol–water partition coefficient (Wildman–Crippen LogP) is 3.63. The van der Waals surface area contributed by atoms with Gasteiger partial charge in [-0.05, 0) is 28.5 Å². The van der Waals surface area contributed by atoms with Crippen molar-refractivity contribution < 1.29 is 9.90 Å². The number of carbonyl (C=O) groups is 1. The molecule has 0 fully saturated rings. The van der Waals surface area contributed by atoms with Crippen LogP contribution in [0.1, 0.15) is 42.9 Å². The smallest absolute Gasteiger partial charge is 0.220 e. The number of hydrogen-bond donors (Lipinski definition) is 2. The molecular weight excluding hydrogens is 286 g/mol. The van der Waals surface area contributed by atoms with E-state index in [1.807, 2.05) is 42.5 Å². The van der Waals surface area contributed by atoms with Gasteiger partial charge in [0, 0.05) is 13.0 Å². The molecular formula is C20H25NO2. The van der Waals surface area contributed by atoms with Gasteiger partial charge in [0.15, 0.2) is 0 Å². The summed E-state index contributed by atoms with van der Waals surface area (Å²) >= 11 is 0. The van der Waals surface area contributed by atoms with Crippen molar-refractivity contribution in [3.05, 3.63) is 71.3 Å². The number of benzene rings is 2. The van der Waals surface area contributed by atoms with Gasteiger partial charge in [0.05, 0.1) is 6.61 Å². The average molecular weight is 311 g/mol. The average Bonchev–Trinajstić information content (AvgIpc) is 2.58. The first kappa shape index (κ1) is 17.2.